The van der Waals surface area contributed by atoms with Crippen molar-refractivity contribution >= 4 is 34.8 Å². The summed E-state index contributed by atoms with van der Waals surface area (Å²) in [6.45, 7) is 0. The van der Waals surface area contributed by atoms with Crippen LogP contribution in [0.5, 0.6) is 0 Å². The Hall–Kier alpha value is -2.39. The highest BCUT2D eigenvalue weighted by atomic mass is 32.2. The molecule has 0 atom stereocenters. The molecule has 0 aromatic carbocycles. The maximum Gasteiger partial charge on any atom is 0.213 e. The van der Waals surface area contributed by atoms with Gasteiger partial charge in [0.15, 0.2) is 10.9 Å². The maximum absolute atomic E-state index is 5.47. The van der Waals surface area contributed by atoms with Gasteiger partial charge in [0.25, 0.3) is 0 Å². The van der Waals surface area contributed by atoms with Crippen LogP contribution >= 0.6 is 23.5 Å². The van der Waals surface area contributed by atoms with Gasteiger partial charge in [0.1, 0.15) is 11.4 Å². The van der Waals surface area contributed by atoms with Gasteiger partial charge in [-0.1, -0.05) is 11.8 Å². The topological polar surface area (TPSA) is 90.5 Å². The predicted octanol–water partition coefficient (Wildman–Crippen LogP) is 2.92. The third-order valence-corrected chi connectivity index (χ3v) is 4.00. The lowest BCUT2D eigenvalue weighted by Gasteiger charge is -2.05. The summed E-state index contributed by atoms with van der Waals surface area (Å²) in [5, 5.41) is 0.668. The van der Waals surface area contributed by atoms with Gasteiger partial charge in [-0.25, -0.2) is 19.9 Å². The second-order valence-electron chi connectivity index (χ2n) is 4.24. The summed E-state index contributed by atoms with van der Waals surface area (Å²) in [6.07, 6.45) is 5.22. The zero-order valence-corrected chi connectivity index (χ0v) is 12.9. The molecule has 9 heteroatoms. The van der Waals surface area contributed by atoms with Crippen molar-refractivity contribution in [1.82, 2.24) is 28.7 Å². The first-order valence-electron chi connectivity index (χ1n) is 6.27. The number of hydrogen-bond acceptors (Lipinski definition) is 9. The van der Waals surface area contributed by atoms with Crippen molar-refractivity contribution in [1.29, 1.82) is 0 Å². The summed E-state index contributed by atoms with van der Waals surface area (Å²) in [5.74, 6) is 0.613. The van der Waals surface area contributed by atoms with Gasteiger partial charge in [-0.15, -0.1) is 0 Å². The van der Waals surface area contributed by atoms with E-state index in [2.05, 4.69) is 28.7 Å². The fourth-order valence-electron chi connectivity index (χ4n) is 1.97. The molecule has 0 aliphatic carbocycles. The molecule has 0 bridgehead atoms. The summed E-state index contributed by atoms with van der Waals surface area (Å²) < 4.78 is 13.8. The van der Waals surface area contributed by atoms with E-state index in [0.29, 0.717) is 39.3 Å². The van der Waals surface area contributed by atoms with E-state index in [-0.39, 0.29) is 0 Å². The molecule has 0 fully saturated rings. The minimum Gasteiger partial charge on any atom is -0.463 e. The Morgan fingerprint density at radius 2 is 1.86 bits per heavy atom. The van der Waals surface area contributed by atoms with Gasteiger partial charge in [0.2, 0.25) is 11.3 Å². The number of nitrogens with zero attached hydrogens (tertiary/aromatic N) is 6. The first-order chi connectivity index (χ1) is 10.8. The van der Waals surface area contributed by atoms with E-state index in [1.165, 1.54) is 11.8 Å². The first-order valence-corrected chi connectivity index (χ1v) is 8.22. The van der Waals surface area contributed by atoms with Crippen molar-refractivity contribution < 1.29 is 4.42 Å². The van der Waals surface area contributed by atoms with Crippen LogP contribution in [0, 0.1) is 0 Å². The fraction of sp³-hybridized carbons (Fsp3) is 0.0769. The van der Waals surface area contributed by atoms with Gasteiger partial charge in [-0.05, 0) is 24.5 Å². The summed E-state index contributed by atoms with van der Waals surface area (Å²) in [7, 11) is 0. The van der Waals surface area contributed by atoms with Crippen LogP contribution in [0.3, 0.4) is 0 Å². The van der Waals surface area contributed by atoms with Gasteiger partial charge >= 0.3 is 0 Å². The van der Waals surface area contributed by atoms with Crippen molar-refractivity contribution in [3.63, 3.8) is 0 Å². The van der Waals surface area contributed by atoms with Crippen LogP contribution in [0.25, 0.3) is 34.1 Å². The number of thioether (sulfide) groups is 1. The highest BCUT2D eigenvalue weighted by Crippen LogP contribution is 2.30. The van der Waals surface area contributed by atoms with Crippen molar-refractivity contribution in [2.45, 2.75) is 5.16 Å². The second-order valence-corrected chi connectivity index (χ2v) is 5.54. The van der Waals surface area contributed by atoms with Crippen molar-refractivity contribution in [3.8, 4) is 22.8 Å². The van der Waals surface area contributed by atoms with Gasteiger partial charge in [-0.3, -0.25) is 0 Å². The Labute approximate surface area is 133 Å². The molecular weight excluding hydrogens is 320 g/mol. The Bertz CT molecular complexity index is 937. The van der Waals surface area contributed by atoms with Gasteiger partial charge in [-0.2, -0.15) is 8.75 Å². The van der Waals surface area contributed by atoms with Crippen molar-refractivity contribution in [2.75, 3.05) is 6.26 Å². The Morgan fingerprint density at radius 1 is 1.05 bits per heavy atom. The lowest BCUT2D eigenvalue weighted by atomic mass is 10.2. The maximum atomic E-state index is 5.47. The number of rotatable bonds is 3. The summed E-state index contributed by atoms with van der Waals surface area (Å²) in [4.78, 5) is 17.7. The highest BCUT2D eigenvalue weighted by molar-refractivity contribution is 7.98. The molecule has 0 aliphatic rings. The molecule has 4 rings (SSSR count). The quantitative estimate of drug-likeness (QED) is 0.419. The summed E-state index contributed by atoms with van der Waals surface area (Å²) in [6, 6.07) is 5.43. The zero-order valence-electron chi connectivity index (χ0n) is 11.3. The number of fused-ring (bicyclic) bond motifs is 1. The molecule has 0 radical (unpaired) electrons. The predicted molar refractivity (Wildman–Crippen MR) is 83.5 cm³/mol. The van der Waals surface area contributed by atoms with Crippen LogP contribution in [-0.4, -0.2) is 34.9 Å². The molecule has 4 aromatic rings. The minimum absolute atomic E-state index is 0.499. The van der Waals surface area contributed by atoms with Crippen molar-refractivity contribution in [3.05, 3.63) is 30.7 Å². The lowest BCUT2D eigenvalue weighted by molar-refractivity contribution is 0.580. The Balaban J connectivity index is 2.00. The van der Waals surface area contributed by atoms with Crippen LogP contribution < -0.4 is 0 Å². The normalized spacial score (nSPS) is 11.1. The number of aromatic nitrogens is 6. The van der Waals surface area contributed by atoms with Crippen LogP contribution in [-0.2, 0) is 0 Å². The van der Waals surface area contributed by atoms with Gasteiger partial charge < -0.3 is 4.42 Å². The van der Waals surface area contributed by atoms with E-state index < -0.39 is 0 Å². The summed E-state index contributed by atoms with van der Waals surface area (Å²) >= 11 is 2.54. The highest BCUT2D eigenvalue weighted by Gasteiger charge is 2.18. The Morgan fingerprint density at radius 3 is 2.59 bits per heavy atom. The molecule has 0 aliphatic heterocycles. The van der Waals surface area contributed by atoms with E-state index in [9.17, 15) is 0 Å². The molecule has 0 N–H and O–H groups in total. The average Bonchev–Trinajstić information content (AvgIpc) is 3.24. The van der Waals surface area contributed by atoms with Crippen LogP contribution in [0.2, 0.25) is 0 Å². The van der Waals surface area contributed by atoms with Crippen LogP contribution in [0.15, 0.2) is 40.2 Å². The molecular formula is C13H8N6OS2. The molecule has 0 amide bonds. The van der Waals surface area contributed by atoms with E-state index >= 15 is 0 Å². The Kier molecular flexibility index (Phi) is 3.28. The molecule has 4 aromatic heterocycles. The summed E-state index contributed by atoms with van der Waals surface area (Å²) in [5.41, 5.74) is 2.87. The molecule has 108 valence electrons. The van der Waals surface area contributed by atoms with E-state index in [1.54, 1.807) is 24.6 Å². The van der Waals surface area contributed by atoms with E-state index in [1.807, 2.05) is 12.3 Å². The monoisotopic (exact) mass is 328 g/mol. The molecule has 0 unspecified atom stereocenters. The SMILES string of the molecule is CSc1nccc(-c2nc3nsnc3nc2-c2ccco2)n1. The molecule has 22 heavy (non-hydrogen) atoms. The third kappa shape index (κ3) is 2.24. The first kappa shape index (κ1) is 13.3. The number of hydrogen-bond donors (Lipinski definition) is 0. The third-order valence-electron chi connectivity index (χ3n) is 2.93. The smallest absolute Gasteiger partial charge is 0.213 e. The molecule has 7 nitrogen and oxygen atoms in total. The fourth-order valence-corrected chi connectivity index (χ4v) is 2.77. The van der Waals surface area contributed by atoms with E-state index in [0.717, 1.165) is 11.7 Å². The zero-order chi connectivity index (χ0) is 14.9. The standard InChI is InChI=1S/C13H8N6OS2/c1-21-13-14-5-4-7(15-13)9-10(8-3-2-6-20-8)17-12-11(16-9)18-22-19-12/h2-6H,1H3. The lowest BCUT2D eigenvalue weighted by Crippen LogP contribution is -1.97. The molecule has 0 saturated heterocycles. The largest absolute Gasteiger partial charge is 0.463 e. The molecule has 0 spiro atoms. The van der Waals surface area contributed by atoms with Crippen molar-refractivity contribution in [2.24, 2.45) is 0 Å². The molecule has 0 saturated carbocycles. The van der Waals surface area contributed by atoms with Gasteiger partial charge in [0, 0.05) is 6.20 Å². The minimum atomic E-state index is 0.499. The number of furan rings is 1. The molecule has 4 heterocycles. The second kappa shape index (κ2) is 5.43. The average molecular weight is 328 g/mol. The van der Waals surface area contributed by atoms with Crippen LogP contribution in [0.1, 0.15) is 0 Å². The van der Waals surface area contributed by atoms with Gasteiger partial charge in [0.05, 0.1) is 23.7 Å². The van der Waals surface area contributed by atoms with E-state index in [4.69, 9.17) is 4.42 Å². The van der Waals surface area contributed by atoms with Crippen LogP contribution in [0.4, 0.5) is 0 Å².